The standard InChI is InChI=1S/C13H18O/c1-9-12(14-9)10-5-7-11(8-6-10)13(2,3)4/h5-9,12H,1-4H3. The summed E-state index contributed by atoms with van der Waals surface area (Å²) in [4.78, 5) is 0. The molecule has 76 valence electrons. The van der Waals surface area contributed by atoms with Crippen molar-refractivity contribution in [3.63, 3.8) is 0 Å². The van der Waals surface area contributed by atoms with Crippen LogP contribution >= 0.6 is 0 Å². The third-order valence-electron chi connectivity index (χ3n) is 2.82. The maximum absolute atomic E-state index is 5.43. The molecule has 0 bridgehead atoms. The molecule has 1 nitrogen and oxygen atoms in total. The average Bonchev–Trinajstić information content (AvgIpc) is 2.81. The van der Waals surface area contributed by atoms with Crippen LogP contribution in [0.2, 0.25) is 0 Å². The Hall–Kier alpha value is -0.820. The quantitative estimate of drug-likeness (QED) is 0.618. The first-order valence-electron chi connectivity index (χ1n) is 5.24. The molecule has 1 aliphatic rings. The van der Waals surface area contributed by atoms with Crippen molar-refractivity contribution in [1.29, 1.82) is 0 Å². The summed E-state index contributed by atoms with van der Waals surface area (Å²) in [7, 11) is 0. The first-order valence-corrected chi connectivity index (χ1v) is 5.24. The van der Waals surface area contributed by atoms with E-state index in [4.69, 9.17) is 4.74 Å². The van der Waals surface area contributed by atoms with E-state index in [1.54, 1.807) is 0 Å². The fourth-order valence-corrected chi connectivity index (χ4v) is 1.71. The normalized spacial score (nSPS) is 26.3. The number of epoxide rings is 1. The van der Waals surface area contributed by atoms with E-state index < -0.39 is 0 Å². The van der Waals surface area contributed by atoms with E-state index in [1.165, 1.54) is 11.1 Å². The SMILES string of the molecule is CC1OC1c1ccc(C(C)(C)C)cc1. The molecule has 0 radical (unpaired) electrons. The molecular weight excluding hydrogens is 172 g/mol. The van der Waals surface area contributed by atoms with Crippen molar-refractivity contribution in [3.8, 4) is 0 Å². The summed E-state index contributed by atoms with van der Waals surface area (Å²) in [5, 5.41) is 0. The predicted molar refractivity (Wildman–Crippen MR) is 58.4 cm³/mol. The lowest BCUT2D eigenvalue weighted by Crippen LogP contribution is -2.10. The van der Waals surface area contributed by atoms with Gasteiger partial charge in [-0.3, -0.25) is 0 Å². The number of benzene rings is 1. The van der Waals surface area contributed by atoms with Crippen molar-refractivity contribution >= 4 is 0 Å². The van der Waals surface area contributed by atoms with Crippen molar-refractivity contribution in [1.82, 2.24) is 0 Å². The van der Waals surface area contributed by atoms with Gasteiger partial charge in [0, 0.05) is 0 Å². The van der Waals surface area contributed by atoms with Crippen LogP contribution < -0.4 is 0 Å². The van der Waals surface area contributed by atoms with Gasteiger partial charge in [0.15, 0.2) is 0 Å². The predicted octanol–water partition coefficient (Wildman–Crippen LogP) is 3.44. The molecule has 1 heterocycles. The summed E-state index contributed by atoms with van der Waals surface area (Å²) in [6.07, 6.45) is 0.763. The second-order valence-electron chi connectivity index (χ2n) is 5.13. The average molecular weight is 190 g/mol. The first kappa shape index (κ1) is 9.72. The van der Waals surface area contributed by atoms with Crippen molar-refractivity contribution in [2.45, 2.75) is 45.3 Å². The highest BCUT2D eigenvalue weighted by atomic mass is 16.6. The van der Waals surface area contributed by atoms with Crippen molar-refractivity contribution in [3.05, 3.63) is 35.4 Å². The third-order valence-corrected chi connectivity index (χ3v) is 2.82. The van der Waals surface area contributed by atoms with Crippen LogP contribution in [0.1, 0.15) is 44.9 Å². The highest BCUT2D eigenvalue weighted by Crippen LogP contribution is 2.38. The van der Waals surface area contributed by atoms with Crippen molar-refractivity contribution in [2.75, 3.05) is 0 Å². The zero-order valence-electron chi connectivity index (χ0n) is 9.37. The van der Waals surface area contributed by atoms with Crippen molar-refractivity contribution < 1.29 is 4.74 Å². The molecular formula is C13H18O. The molecule has 1 heteroatoms. The number of hydrogen-bond donors (Lipinski definition) is 0. The first-order chi connectivity index (χ1) is 6.48. The van der Waals surface area contributed by atoms with Crippen LogP contribution in [0, 0.1) is 0 Å². The Morgan fingerprint density at radius 3 is 1.93 bits per heavy atom. The lowest BCUT2D eigenvalue weighted by Gasteiger charge is -2.18. The van der Waals surface area contributed by atoms with Gasteiger partial charge in [0.05, 0.1) is 6.10 Å². The molecule has 1 aliphatic heterocycles. The molecule has 2 atom stereocenters. The van der Waals surface area contributed by atoms with E-state index in [1.807, 2.05) is 0 Å². The summed E-state index contributed by atoms with van der Waals surface area (Å²) >= 11 is 0. The van der Waals surface area contributed by atoms with Gasteiger partial charge in [0.2, 0.25) is 0 Å². The Morgan fingerprint density at radius 1 is 1.07 bits per heavy atom. The largest absolute Gasteiger partial charge is 0.365 e. The minimum Gasteiger partial charge on any atom is -0.365 e. The van der Waals surface area contributed by atoms with Gasteiger partial charge in [-0.1, -0.05) is 45.0 Å². The zero-order chi connectivity index (χ0) is 10.3. The maximum Gasteiger partial charge on any atom is 0.109 e. The molecule has 0 aliphatic carbocycles. The summed E-state index contributed by atoms with van der Waals surface area (Å²) in [6.45, 7) is 8.82. The molecule has 1 aromatic rings. The van der Waals surface area contributed by atoms with E-state index in [0.29, 0.717) is 12.2 Å². The maximum atomic E-state index is 5.43. The topological polar surface area (TPSA) is 12.5 Å². The minimum atomic E-state index is 0.245. The van der Waals surface area contributed by atoms with Crippen LogP contribution in [0.3, 0.4) is 0 Å². The summed E-state index contributed by atoms with van der Waals surface area (Å²) in [5.74, 6) is 0. The molecule has 0 spiro atoms. The molecule has 0 N–H and O–H groups in total. The minimum absolute atomic E-state index is 0.245. The lowest BCUT2D eigenvalue weighted by atomic mass is 9.86. The molecule has 0 saturated carbocycles. The molecule has 0 aromatic heterocycles. The van der Waals surface area contributed by atoms with Crippen LogP contribution in [0.4, 0.5) is 0 Å². The van der Waals surface area contributed by atoms with Crippen molar-refractivity contribution in [2.24, 2.45) is 0 Å². The van der Waals surface area contributed by atoms with Crippen LogP contribution in [-0.2, 0) is 10.2 Å². The van der Waals surface area contributed by atoms with E-state index in [9.17, 15) is 0 Å². The Labute approximate surface area is 86.1 Å². The summed E-state index contributed by atoms with van der Waals surface area (Å²) in [5.41, 5.74) is 2.94. The fourth-order valence-electron chi connectivity index (χ4n) is 1.71. The monoisotopic (exact) mass is 190 g/mol. The number of hydrogen-bond acceptors (Lipinski definition) is 1. The van der Waals surface area contributed by atoms with E-state index in [0.717, 1.165) is 0 Å². The van der Waals surface area contributed by atoms with Crippen LogP contribution in [0.25, 0.3) is 0 Å². The molecule has 14 heavy (non-hydrogen) atoms. The molecule has 1 saturated heterocycles. The smallest absolute Gasteiger partial charge is 0.109 e. The van der Waals surface area contributed by atoms with Gasteiger partial charge < -0.3 is 4.74 Å². The van der Waals surface area contributed by atoms with E-state index in [2.05, 4.69) is 52.0 Å². The second-order valence-corrected chi connectivity index (χ2v) is 5.13. The molecule has 2 rings (SSSR count). The van der Waals surface area contributed by atoms with E-state index in [-0.39, 0.29) is 5.41 Å². The third kappa shape index (κ3) is 1.83. The van der Waals surface area contributed by atoms with Gasteiger partial charge in [-0.25, -0.2) is 0 Å². The molecule has 1 aromatic carbocycles. The van der Waals surface area contributed by atoms with Gasteiger partial charge >= 0.3 is 0 Å². The molecule has 1 fully saturated rings. The second kappa shape index (κ2) is 3.09. The Kier molecular flexibility index (Phi) is 2.15. The van der Waals surface area contributed by atoms with Crippen LogP contribution in [-0.4, -0.2) is 6.10 Å². The van der Waals surface area contributed by atoms with Gasteiger partial charge in [0.1, 0.15) is 6.10 Å². The van der Waals surface area contributed by atoms with E-state index >= 15 is 0 Å². The highest BCUT2D eigenvalue weighted by molar-refractivity contribution is 5.30. The summed E-state index contributed by atoms with van der Waals surface area (Å²) < 4.78 is 5.43. The Balaban J connectivity index is 2.18. The molecule has 0 amide bonds. The molecule has 2 unspecified atom stereocenters. The van der Waals surface area contributed by atoms with Gasteiger partial charge in [-0.05, 0) is 23.5 Å². The highest BCUT2D eigenvalue weighted by Gasteiger charge is 2.35. The zero-order valence-corrected chi connectivity index (χ0v) is 9.37. The number of rotatable bonds is 1. The lowest BCUT2D eigenvalue weighted by molar-refractivity contribution is 0.383. The van der Waals surface area contributed by atoms with Gasteiger partial charge in [-0.15, -0.1) is 0 Å². The van der Waals surface area contributed by atoms with Gasteiger partial charge in [0.25, 0.3) is 0 Å². The summed E-state index contributed by atoms with van der Waals surface area (Å²) in [6, 6.07) is 8.80. The fraction of sp³-hybridized carbons (Fsp3) is 0.538. The van der Waals surface area contributed by atoms with Crippen LogP contribution in [0.5, 0.6) is 0 Å². The Morgan fingerprint density at radius 2 is 1.57 bits per heavy atom. The van der Waals surface area contributed by atoms with Gasteiger partial charge in [-0.2, -0.15) is 0 Å². The van der Waals surface area contributed by atoms with Crippen LogP contribution in [0.15, 0.2) is 24.3 Å². The number of ether oxygens (including phenoxy) is 1. The Bertz CT molecular complexity index is 318.